The van der Waals surface area contributed by atoms with Crippen molar-refractivity contribution in [1.82, 2.24) is 0 Å². The van der Waals surface area contributed by atoms with Crippen LogP contribution in [0.5, 0.6) is 0 Å². The lowest BCUT2D eigenvalue weighted by atomic mass is 10.1. The van der Waals surface area contributed by atoms with Crippen molar-refractivity contribution in [2.24, 2.45) is 0 Å². The first-order chi connectivity index (χ1) is 14.9. The molecule has 0 amide bonds. The molecule has 1 aliphatic heterocycles. The molecular formula is C19H17F9O3S2. The molecule has 33 heavy (non-hydrogen) atoms. The van der Waals surface area contributed by atoms with Gasteiger partial charge in [-0.3, -0.25) is 0 Å². The molecule has 186 valence electrons. The first-order valence-corrected chi connectivity index (χ1v) is 12.6. The monoisotopic (exact) mass is 528 g/mol. The predicted molar refractivity (Wildman–Crippen MR) is 104 cm³/mol. The molecule has 0 saturated carbocycles. The number of hydrogen-bond donors (Lipinski definition) is 0. The largest absolute Gasteiger partial charge is 0.460 e. The first-order valence-electron chi connectivity index (χ1n) is 9.33. The Morgan fingerprint density at radius 3 is 1.85 bits per heavy atom. The van der Waals surface area contributed by atoms with E-state index in [0.717, 1.165) is 5.56 Å². The predicted octanol–water partition coefficient (Wildman–Crippen LogP) is 6.79. The molecule has 0 spiro atoms. The fourth-order valence-electron chi connectivity index (χ4n) is 3.42. The van der Waals surface area contributed by atoms with Crippen molar-refractivity contribution in [3.05, 3.63) is 42.0 Å². The third-order valence-electron chi connectivity index (χ3n) is 5.24. The van der Waals surface area contributed by atoms with Crippen molar-refractivity contribution >= 4 is 31.2 Å². The normalized spacial score (nSPS) is 19.1. The second kappa shape index (κ2) is 7.94. The summed E-state index contributed by atoms with van der Waals surface area (Å²) in [5, 5.41) is -5.63. The Balaban J connectivity index is 2.07. The number of hydrogen-bond acceptors (Lipinski definition) is 3. The lowest BCUT2D eigenvalue weighted by Crippen LogP contribution is -2.63. The van der Waals surface area contributed by atoms with Crippen LogP contribution in [0.15, 0.2) is 41.3 Å². The van der Waals surface area contributed by atoms with Gasteiger partial charge in [0.25, 0.3) is 0 Å². The molecule has 3 rings (SSSR count). The Morgan fingerprint density at radius 2 is 1.30 bits per heavy atom. The van der Waals surface area contributed by atoms with Crippen LogP contribution >= 0.6 is 10.3 Å². The summed E-state index contributed by atoms with van der Waals surface area (Å²) in [4.78, 5) is 0.0709. The SMILES string of the molecule is Cc1ccc2cc(S3(OS(=O)(=O)C(F)(F)C(F)(F)C(F)(F)C(F)(F)F)CCCC3)ccc2c1. The van der Waals surface area contributed by atoms with Crippen LogP contribution in [0.25, 0.3) is 10.8 Å². The molecule has 1 saturated heterocycles. The lowest BCUT2D eigenvalue weighted by molar-refractivity contribution is -0.382. The maximum atomic E-state index is 14.2. The Bertz CT molecular complexity index is 1150. The number of halogens is 9. The van der Waals surface area contributed by atoms with E-state index in [2.05, 4.69) is 3.63 Å². The van der Waals surface area contributed by atoms with Crippen LogP contribution < -0.4 is 0 Å². The van der Waals surface area contributed by atoms with Gasteiger partial charge in [0.1, 0.15) is 0 Å². The van der Waals surface area contributed by atoms with Crippen LogP contribution in [-0.4, -0.2) is 43.2 Å². The first kappa shape index (κ1) is 25.9. The summed E-state index contributed by atoms with van der Waals surface area (Å²) in [6.45, 7) is 1.80. The van der Waals surface area contributed by atoms with Crippen LogP contribution in [0.2, 0.25) is 0 Å². The lowest BCUT2D eigenvalue weighted by Gasteiger charge is -2.38. The summed E-state index contributed by atoms with van der Waals surface area (Å²) in [6.07, 6.45) is -6.64. The zero-order valence-electron chi connectivity index (χ0n) is 16.7. The minimum absolute atomic E-state index is 0.0709. The van der Waals surface area contributed by atoms with E-state index in [1.165, 1.54) is 18.2 Å². The van der Waals surface area contributed by atoms with E-state index in [-0.39, 0.29) is 29.2 Å². The molecular weight excluding hydrogens is 511 g/mol. The van der Waals surface area contributed by atoms with Crippen LogP contribution in [0.4, 0.5) is 39.5 Å². The molecule has 0 N–H and O–H groups in total. The summed E-state index contributed by atoms with van der Waals surface area (Å²) in [7, 11) is -10.2. The zero-order chi connectivity index (χ0) is 25.1. The Kier molecular flexibility index (Phi) is 6.24. The molecule has 0 atom stereocenters. The second-order valence-corrected chi connectivity index (χ2v) is 12.5. The highest BCUT2D eigenvalue weighted by Gasteiger charge is 2.86. The van der Waals surface area contributed by atoms with E-state index in [4.69, 9.17) is 0 Å². The Labute approximate surface area is 184 Å². The van der Waals surface area contributed by atoms with Gasteiger partial charge in [0.15, 0.2) is 0 Å². The molecule has 0 aliphatic carbocycles. The molecule has 1 heterocycles. The van der Waals surface area contributed by atoms with Crippen molar-refractivity contribution < 1.29 is 51.6 Å². The van der Waals surface area contributed by atoms with Gasteiger partial charge in [0.05, 0.1) is 0 Å². The van der Waals surface area contributed by atoms with Crippen molar-refractivity contribution in [2.75, 3.05) is 11.5 Å². The van der Waals surface area contributed by atoms with E-state index in [0.29, 0.717) is 10.8 Å². The van der Waals surface area contributed by atoms with Gasteiger partial charge in [0.2, 0.25) is 0 Å². The van der Waals surface area contributed by atoms with Gasteiger partial charge in [-0.05, 0) is 42.7 Å². The summed E-state index contributed by atoms with van der Waals surface area (Å²) in [5.74, 6) is -15.0. The van der Waals surface area contributed by atoms with Crippen LogP contribution in [0, 0.1) is 6.92 Å². The summed E-state index contributed by atoms with van der Waals surface area (Å²) >= 11 is 0. The highest BCUT2D eigenvalue weighted by Crippen LogP contribution is 2.65. The number of alkyl halides is 9. The van der Waals surface area contributed by atoms with Crippen molar-refractivity contribution in [3.63, 3.8) is 0 Å². The van der Waals surface area contributed by atoms with E-state index in [9.17, 15) is 47.9 Å². The minimum Gasteiger partial charge on any atom is -0.211 e. The summed E-state index contributed by atoms with van der Waals surface area (Å²) < 4.78 is 148. The average molecular weight is 528 g/mol. The van der Waals surface area contributed by atoms with Crippen LogP contribution in [0.1, 0.15) is 18.4 Å². The smallest absolute Gasteiger partial charge is 0.211 e. The van der Waals surface area contributed by atoms with Gasteiger partial charge < -0.3 is 0 Å². The van der Waals surface area contributed by atoms with Gasteiger partial charge >= 0.3 is 33.4 Å². The standard InChI is InChI=1S/C19H17F9O3S2/c1-12-4-5-14-11-15(7-6-13(14)10-12)32(8-2-3-9-32)31-33(29,30)19(27,28)17(22,23)16(20,21)18(24,25)26/h4-7,10-11H,2-3,8-9H2,1H3. The fourth-order valence-corrected chi connectivity index (χ4v) is 9.11. The number of aryl methyl sites for hydroxylation is 1. The quantitative estimate of drug-likeness (QED) is 0.388. The van der Waals surface area contributed by atoms with Crippen molar-refractivity contribution in [3.8, 4) is 0 Å². The Morgan fingerprint density at radius 1 is 0.788 bits per heavy atom. The minimum atomic E-state index is -7.33. The zero-order valence-corrected chi connectivity index (χ0v) is 18.4. The van der Waals surface area contributed by atoms with Gasteiger partial charge in [-0.1, -0.05) is 40.1 Å². The van der Waals surface area contributed by atoms with E-state index >= 15 is 0 Å². The van der Waals surface area contributed by atoms with E-state index in [1.54, 1.807) is 25.1 Å². The molecule has 14 heteroatoms. The number of fused-ring (bicyclic) bond motifs is 1. The summed E-state index contributed by atoms with van der Waals surface area (Å²) in [6, 6.07) is 9.38. The number of benzene rings is 2. The maximum absolute atomic E-state index is 14.2. The molecule has 0 radical (unpaired) electrons. The molecule has 2 aromatic rings. The van der Waals surface area contributed by atoms with Gasteiger partial charge in [0, 0.05) is 16.4 Å². The van der Waals surface area contributed by atoms with Crippen LogP contribution in [-0.2, 0) is 13.7 Å². The molecule has 0 aromatic heterocycles. The van der Waals surface area contributed by atoms with Gasteiger partial charge in [-0.15, -0.1) is 0 Å². The van der Waals surface area contributed by atoms with Gasteiger partial charge in [-0.25, -0.2) is 3.63 Å². The highest BCUT2D eigenvalue weighted by molar-refractivity contribution is 8.33. The van der Waals surface area contributed by atoms with E-state index < -0.39 is 43.7 Å². The van der Waals surface area contributed by atoms with Crippen LogP contribution in [0.3, 0.4) is 0 Å². The average Bonchev–Trinajstić information content (AvgIpc) is 3.15. The maximum Gasteiger partial charge on any atom is 0.460 e. The summed E-state index contributed by atoms with van der Waals surface area (Å²) in [5.41, 5.74) is 0.879. The third kappa shape index (κ3) is 4.07. The number of rotatable bonds is 6. The Hall–Kier alpha value is -1.67. The molecule has 1 aliphatic rings. The van der Waals surface area contributed by atoms with E-state index in [1.807, 2.05) is 0 Å². The van der Waals surface area contributed by atoms with Crippen molar-refractivity contribution in [1.29, 1.82) is 0 Å². The molecule has 3 nitrogen and oxygen atoms in total. The third-order valence-corrected chi connectivity index (χ3v) is 10.9. The molecule has 0 unspecified atom stereocenters. The fraction of sp³-hybridized carbons (Fsp3) is 0.474. The molecule has 2 aromatic carbocycles. The second-order valence-electron chi connectivity index (χ2n) is 7.63. The highest BCUT2D eigenvalue weighted by atomic mass is 32.3. The molecule has 1 fully saturated rings. The van der Waals surface area contributed by atoms with Crippen molar-refractivity contribution in [2.45, 2.75) is 47.9 Å². The molecule has 0 bridgehead atoms. The van der Waals surface area contributed by atoms with Gasteiger partial charge in [-0.2, -0.15) is 47.9 Å². The topological polar surface area (TPSA) is 43.4 Å².